The first-order valence-corrected chi connectivity index (χ1v) is 7.73. The van der Waals surface area contributed by atoms with Gasteiger partial charge in [-0.2, -0.15) is 0 Å². The molecule has 2 heterocycles. The predicted molar refractivity (Wildman–Crippen MR) is 97.7 cm³/mol. The van der Waals surface area contributed by atoms with Crippen LogP contribution in [0.15, 0.2) is 55.0 Å². The summed E-state index contributed by atoms with van der Waals surface area (Å²) in [4.78, 5) is 21.3. The fraction of sp³-hybridized carbons (Fsp3) is 0.158. The molecule has 1 aromatic carbocycles. The highest BCUT2D eigenvalue weighted by Gasteiger charge is 2.06. The molecule has 122 valence electrons. The molecule has 0 aliphatic rings. The molecule has 0 aliphatic heterocycles. The minimum Gasteiger partial charge on any atom is -0.383 e. The Morgan fingerprint density at radius 1 is 1.25 bits per heavy atom. The summed E-state index contributed by atoms with van der Waals surface area (Å²) in [6.45, 7) is 2.05. The van der Waals surface area contributed by atoms with Gasteiger partial charge in [0.05, 0.1) is 0 Å². The second kappa shape index (κ2) is 6.58. The van der Waals surface area contributed by atoms with Crippen LogP contribution in [0.4, 0.5) is 5.69 Å². The number of pyridine rings is 1. The van der Waals surface area contributed by atoms with E-state index in [1.807, 2.05) is 55.7 Å². The monoisotopic (exact) mass is 320 g/mol. The highest BCUT2D eigenvalue weighted by atomic mass is 16.1. The number of anilines is 1. The first-order chi connectivity index (χ1) is 11.5. The van der Waals surface area contributed by atoms with Crippen LogP contribution in [-0.4, -0.2) is 34.9 Å². The summed E-state index contributed by atoms with van der Waals surface area (Å²) < 4.78 is 0. The summed E-state index contributed by atoms with van der Waals surface area (Å²) in [5.41, 5.74) is 4.84. The Labute approximate surface area is 141 Å². The first kappa shape index (κ1) is 15.8. The molecule has 24 heavy (non-hydrogen) atoms. The van der Waals surface area contributed by atoms with Crippen molar-refractivity contribution in [3.8, 4) is 11.1 Å². The number of nitrogens with zero attached hydrogens (tertiary/aromatic N) is 2. The molecule has 0 saturated carbocycles. The van der Waals surface area contributed by atoms with Gasteiger partial charge < -0.3 is 15.2 Å². The number of H-pyrrole nitrogens is 1. The van der Waals surface area contributed by atoms with Crippen molar-refractivity contribution < 1.29 is 4.79 Å². The number of carbonyl (C=O) groups excluding carboxylic acids is 1. The maximum Gasteiger partial charge on any atom is 0.249 e. The Morgan fingerprint density at radius 3 is 2.88 bits per heavy atom. The lowest BCUT2D eigenvalue weighted by molar-refractivity contribution is -0.112. The van der Waals surface area contributed by atoms with Gasteiger partial charge in [0.2, 0.25) is 5.91 Å². The molecular weight excluding hydrogens is 300 g/mol. The fourth-order valence-electron chi connectivity index (χ4n) is 2.47. The largest absolute Gasteiger partial charge is 0.383 e. The fourth-order valence-corrected chi connectivity index (χ4v) is 2.47. The lowest BCUT2D eigenvalue weighted by atomic mass is 10.1. The molecule has 0 atom stereocenters. The SMILES string of the molecule is Cc1c[nH]c2ncc(-c3cccc(NC(=O)C=CN(C)C)c3)cc12. The van der Waals surface area contributed by atoms with Crippen LogP contribution in [0.1, 0.15) is 5.56 Å². The zero-order valence-electron chi connectivity index (χ0n) is 14.0. The van der Waals surface area contributed by atoms with Crippen LogP contribution in [0.25, 0.3) is 22.2 Å². The number of rotatable bonds is 4. The van der Waals surface area contributed by atoms with E-state index in [0.717, 1.165) is 33.4 Å². The molecule has 0 aliphatic carbocycles. The average molecular weight is 320 g/mol. The van der Waals surface area contributed by atoms with Gasteiger partial charge in [-0.25, -0.2) is 4.98 Å². The number of aromatic nitrogens is 2. The van der Waals surface area contributed by atoms with Crippen molar-refractivity contribution in [3.63, 3.8) is 0 Å². The zero-order chi connectivity index (χ0) is 17.1. The van der Waals surface area contributed by atoms with Crippen LogP contribution in [0.2, 0.25) is 0 Å². The number of aromatic amines is 1. The number of fused-ring (bicyclic) bond motifs is 1. The van der Waals surface area contributed by atoms with Crippen LogP contribution >= 0.6 is 0 Å². The Hall–Kier alpha value is -3.08. The molecule has 1 amide bonds. The van der Waals surface area contributed by atoms with E-state index in [-0.39, 0.29) is 5.91 Å². The molecule has 3 rings (SSSR count). The molecule has 5 heteroatoms. The molecule has 2 aromatic heterocycles. The van der Waals surface area contributed by atoms with E-state index in [2.05, 4.69) is 28.3 Å². The van der Waals surface area contributed by atoms with E-state index in [1.54, 1.807) is 6.20 Å². The Morgan fingerprint density at radius 2 is 2.08 bits per heavy atom. The minimum atomic E-state index is -0.157. The summed E-state index contributed by atoms with van der Waals surface area (Å²) >= 11 is 0. The zero-order valence-corrected chi connectivity index (χ0v) is 14.0. The highest BCUT2D eigenvalue weighted by molar-refractivity contribution is 5.99. The predicted octanol–water partition coefficient (Wildman–Crippen LogP) is 3.55. The van der Waals surface area contributed by atoms with Crippen LogP contribution < -0.4 is 5.32 Å². The molecule has 0 spiro atoms. The van der Waals surface area contributed by atoms with Crippen molar-refractivity contribution in [1.82, 2.24) is 14.9 Å². The lowest BCUT2D eigenvalue weighted by Gasteiger charge is -2.07. The standard InChI is InChI=1S/C19H20N4O/c1-13-11-20-19-17(13)10-15(12-21-19)14-5-4-6-16(9-14)22-18(24)7-8-23(2)3/h4-12H,1-3H3,(H,20,21)(H,22,24). The number of hydrogen-bond acceptors (Lipinski definition) is 3. The van der Waals surface area contributed by atoms with Gasteiger partial charge in [0.15, 0.2) is 0 Å². The highest BCUT2D eigenvalue weighted by Crippen LogP contribution is 2.26. The first-order valence-electron chi connectivity index (χ1n) is 7.73. The van der Waals surface area contributed by atoms with E-state index in [1.165, 1.54) is 6.08 Å². The topological polar surface area (TPSA) is 61.0 Å². The van der Waals surface area contributed by atoms with Crippen LogP contribution in [-0.2, 0) is 4.79 Å². The summed E-state index contributed by atoms with van der Waals surface area (Å²) in [6, 6.07) is 9.87. The van der Waals surface area contributed by atoms with Gasteiger partial charge >= 0.3 is 0 Å². The quantitative estimate of drug-likeness (QED) is 0.723. The number of benzene rings is 1. The van der Waals surface area contributed by atoms with Crippen molar-refractivity contribution in [3.05, 3.63) is 60.6 Å². The maximum atomic E-state index is 11.9. The minimum absolute atomic E-state index is 0.157. The molecule has 0 fully saturated rings. The smallest absolute Gasteiger partial charge is 0.249 e. The van der Waals surface area contributed by atoms with Gasteiger partial charge in [-0.15, -0.1) is 0 Å². The van der Waals surface area contributed by atoms with Crippen LogP contribution in [0.5, 0.6) is 0 Å². The van der Waals surface area contributed by atoms with Crippen molar-refractivity contribution in [1.29, 1.82) is 0 Å². The average Bonchev–Trinajstić information content (AvgIpc) is 2.94. The van der Waals surface area contributed by atoms with Crippen LogP contribution in [0.3, 0.4) is 0 Å². The number of carbonyl (C=O) groups is 1. The van der Waals surface area contributed by atoms with Crippen LogP contribution in [0, 0.1) is 6.92 Å². The van der Waals surface area contributed by atoms with Gasteiger partial charge in [-0.05, 0) is 36.2 Å². The Kier molecular flexibility index (Phi) is 4.33. The molecule has 5 nitrogen and oxygen atoms in total. The molecule has 0 bridgehead atoms. The number of nitrogens with one attached hydrogen (secondary N) is 2. The number of aryl methyl sites for hydroxylation is 1. The lowest BCUT2D eigenvalue weighted by Crippen LogP contribution is -2.10. The van der Waals surface area contributed by atoms with Crippen molar-refractivity contribution >= 4 is 22.6 Å². The van der Waals surface area contributed by atoms with E-state index >= 15 is 0 Å². The number of amides is 1. The Balaban J connectivity index is 1.86. The van der Waals surface area contributed by atoms with E-state index in [4.69, 9.17) is 0 Å². The van der Waals surface area contributed by atoms with Gasteiger partial charge in [-0.1, -0.05) is 12.1 Å². The normalized spacial score (nSPS) is 11.1. The summed E-state index contributed by atoms with van der Waals surface area (Å²) in [5.74, 6) is -0.157. The van der Waals surface area contributed by atoms with Gasteiger partial charge in [0.1, 0.15) is 5.65 Å². The summed E-state index contributed by atoms with van der Waals surface area (Å²) in [6.07, 6.45) is 7.01. The molecule has 0 unspecified atom stereocenters. The van der Waals surface area contributed by atoms with Gasteiger partial charge in [-0.3, -0.25) is 4.79 Å². The molecule has 0 radical (unpaired) electrons. The van der Waals surface area contributed by atoms with Gasteiger partial charge in [0, 0.05) is 55.4 Å². The third-order valence-electron chi connectivity index (χ3n) is 3.73. The van der Waals surface area contributed by atoms with Crippen molar-refractivity contribution in [2.24, 2.45) is 0 Å². The molecule has 0 saturated heterocycles. The Bertz CT molecular complexity index is 909. The molecule has 2 N–H and O–H groups in total. The maximum absolute atomic E-state index is 11.9. The third-order valence-corrected chi connectivity index (χ3v) is 3.73. The third kappa shape index (κ3) is 3.46. The second-order valence-electron chi connectivity index (χ2n) is 5.94. The van der Waals surface area contributed by atoms with Crippen molar-refractivity contribution in [2.45, 2.75) is 6.92 Å². The molecular formula is C19H20N4O. The molecule has 3 aromatic rings. The summed E-state index contributed by atoms with van der Waals surface area (Å²) in [5, 5.41) is 3.98. The summed E-state index contributed by atoms with van der Waals surface area (Å²) in [7, 11) is 3.74. The van der Waals surface area contributed by atoms with Gasteiger partial charge in [0.25, 0.3) is 0 Å². The van der Waals surface area contributed by atoms with E-state index in [9.17, 15) is 4.79 Å². The van der Waals surface area contributed by atoms with Crippen molar-refractivity contribution in [2.75, 3.05) is 19.4 Å². The second-order valence-corrected chi connectivity index (χ2v) is 5.94. The van der Waals surface area contributed by atoms with E-state index in [0.29, 0.717) is 0 Å². The number of hydrogen-bond donors (Lipinski definition) is 2. The van der Waals surface area contributed by atoms with E-state index < -0.39 is 0 Å².